The van der Waals surface area contributed by atoms with Crippen molar-refractivity contribution in [3.8, 4) is 0 Å². The fraction of sp³-hybridized carbons (Fsp3) is 0.417. The Morgan fingerprint density at radius 3 is 2.60 bits per heavy atom. The molecule has 0 bridgehead atoms. The zero-order valence-corrected chi connectivity index (χ0v) is 12.5. The number of alkyl halides is 1. The van der Waals surface area contributed by atoms with Gasteiger partial charge in [-0.25, -0.2) is 22.2 Å². The molecule has 0 radical (unpaired) electrons. The molecule has 0 N–H and O–H groups in total. The minimum Gasteiger partial charge on any atom is -0.326 e. The highest BCUT2D eigenvalue weighted by molar-refractivity contribution is 7.90. The zero-order chi connectivity index (χ0) is 15.1. The van der Waals surface area contributed by atoms with E-state index >= 15 is 0 Å². The molecule has 0 aliphatic carbocycles. The van der Waals surface area contributed by atoms with Crippen molar-refractivity contribution in [3.05, 3.63) is 29.6 Å². The molecule has 2 aromatic rings. The van der Waals surface area contributed by atoms with Crippen LogP contribution < -0.4 is 0 Å². The summed E-state index contributed by atoms with van der Waals surface area (Å²) in [4.78, 5) is 4.05. The van der Waals surface area contributed by atoms with Crippen LogP contribution in [0.4, 0.5) is 8.78 Å². The van der Waals surface area contributed by atoms with Crippen LogP contribution in [-0.4, -0.2) is 30.0 Å². The minimum atomic E-state index is -3.21. The standard InChI is InChI=1S/C12H13ClF2N2O2S/c1-7(13)12-16-11-9(15)5-8(14)6-10(11)17(12)3-4-20(2,18)19/h5-7H,3-4H2,1-2H3. The van der Waals surface area contributed by atoms with E-state index in [9.17, 15) is 17.2 Å². The quantitative estimate of drug-likeness (QED) is 0.813. The minimum absolute atomic E-state index is 0.0117. The van der Waals surface area contributed by atoms with Crippen LogP contribution in [0.25, 0.3) is 11.0 Å². The fourth-order valence-corrected chi connectivity index (χ4v) is 2.64. The van der Waals surface area contributed by atoms with Crippen molar-refractivity contribution in [2.24, 2.45) is 0 Å². The molecule has 1 unspecified atom stereocenters. The average molecular weight is 323 g/mol. The zero-order valence-electron chi connectivity index (χ0n) is 10.9. The molecule has 8 heteroatoms. The molecule has 0 aliphatic heterocycles. The maximum Gasteiger partial charge on any atom is 0.153 e. The van der Waals surface area contributed by atoms with Crippen molar-refractivity contribution in [1.82, 2.24) is 9.55 Å². The number of aromatic nitrogens is 2. The number of fused-ring (bicyclic) bond motifs is 1. The summed E-state index contributed by atoms with van der Waals surface area (Å²) >= 11 is 5.97. The van der Waals surface area contributed by atoms with Crippen molar-refractivity contribution >= 4 is 32.5 Å². The molecule has 20 heavy (non-hydrogen) atoms. The first-order valence-corrected chi connectivity index (χ1v) is 8.35. The van der Waals surface area contributed by atoms with Gasteiger partial charge in [0.25, 0.3) is 0 Å². The van der Waals surface area contributed by atoms with E-state index in [4.69, 9.17) is 11.6 Å². The molecule has 1 aromatic heterocycles. The first kappa shape index (κ1) is 15.2. The van der Waals surface area contributed by atoms with E-state index in [0.29, 0.717) is 5.82 Å². The summed E-state index contributed by atoms with van der Waals surface area (Å²) in [6, 6.07) is 1.86. The number of imidazole rings is 1. The lowest BCUT2D eigenvalue weighted by molar-refractivity contribution is 0.589. The van der Waals surface area contributed by atoms with E-state index in [1.807, 2.05) is 0 Å². The Morgan fingerprint density at radius 1 is 1.40 bits per heavy atom. The molecule has 0 fully saturated rings. The lowest BCUT2D eigenvalue weighted by Gasteiger charge is -2.09. The smallest absolute Gasteiger partial charge is 0.153 e. The molecule has 1 aromatic carbocycles. The third kappa shape index (κ3) is 3.09. The van der Waals surface area contributed by atoms with Gasteiger partial charge in [-0.15, -0.1) is 11.6 Å². The van der Waals surface area contributed by atoms with E-state index in [0.717, 1.165) is 18.4 Å². The number of benzene rings is 1. The van der Waals surface area contributed by atoms with Crippen molar-refractivity contribution in [2.45, 2.75) is 18.8 Å². The van der Waals surface area contributed by atoms with Crippen molar-refractivity contribution in [2.75, 3.05) is 12.0 Å². The van der Waals surface area contributed by atoms with Gasteiger partial charge in [0.2, 0.25) is 0 Å². The lowest BCUT2D eigenvalue weighted by Crippen LogP contribution is -2.13. The van der Waals surface area contributed by atoms with E-state index in [1.54, 1.807) is 6.92 Å². The van der Waals surface area contributed by atoms with Gasteiger partial charge in [-0.2, -0.15) is 0 Å². The topological polar surface area (TPSA) is 52.0 Å². The van der Waals surface area contributed by atoms with Crippen molar-refractivity contribution in [1.29, 1.82) is 0 Å². The molecule has 1 atom stereocenters. The highest BCUT2D eigenvalue weighted by atomic mass is 35.5. The molecule has 4 nitrogen and oxygen atoms in total. The first-order chi connectivity index (χ1) is 9.19. The van der Waals surface area contributed by atoms with E-state index in [-0.39, 0.29) is 23.3 Å². The predicted molar refractivity (Wildman–Crippen MR) is 73.6 cm³/mol. The third-order valence-electron chi connectivity index (χ3n) is 2.84. The molecule has 0 saturated heterocycles. The van der Waals surface area contributed by atoms with Crippen LogP contribution >= 0.6 is 11.6 Å². The number of hydrogen-bond acceptors (Lipinski definition) is 3. The summed E-state index contributed by atoms with van der Waals surface area (Å²) in [6.45, 7) is 1.68. The van der Waals surface area contributed by atoms with Crippen LogP contribution in [0.3, 0.4) is 0 Å². The molecular weight excluding hydrogens is 310 g/mol. The van der Waals surface area contributed by atoms with E-state index < -0.39 is 26.8 Å². The van der Waals surface area contributed by atoms with Gasteiger partial charge >= 0.3 is 0 Å². The molecule has 1 heterocycles. The Morgan fingerprint density at radius 2 is 2.05 bits per heavy atom. The summed E-state index contributed by atoms with van der Waals surface area (Å²) < 4.78 is 51.0. The van der Waals surface area contributed by atoms with Gasteiger partial charge in [-0.3, -0.25) is 0 Å². The van der Waals surface area contributed by atoms with Crippen LogP contribution in [0.1, 0.15) is 18.1 Å². The number of aryl methyl sites for hydroxylation is 1. The average Bonchev–Trinajstić information content (AvgIpc) is 2.64. The Labute approximate surface area is 120 Å². The van der Waals surface area contributed by atoms with Gasteiger partial charge in [-0.1, -0.05) is 0 Å². The maximum atomic E-state index is 13.7. The molecule has 0 spiro atoms. The fourth-order valence-electron chi connectivity index (χ4n) is 1.96. The number of nitrogens with zero attached hydrogens (tertiary/aromatic N) is 2. The summed E-state index contributed by atoms with van der Waals surface area (Å²) in [5.41, 5.74) is 0.191. The second-order valence-electron chi connectivity index (χ2n) is 4.62. The lowest BCUT2D eigenvalue weighted by atomic mass is 10.3. The van der Waals surface area contributed by atoms with Gasteiger partial charge in [-0.05, 0) is 13.0 Å². The predicted octanol–water partition coefficient (Wildman–Crippen LogP) is 2.66. The highest BCUT2D eigenvalue weighted by Gasteiger charge is 2.19. The van der Waals surface area contributed by atoms with Crippen LogP contribution in [0.15, 0.2) is 12.1 Å². The van der Waals surface area contributed by atoms with Gasteiger partial charge < -0.3 is 4.57 Å². The van der Waals surface area contributed by atoms with Crippen molar-refractivity contribution in [3.63, 3.8) is 0 Å². The SMILES string of the molecule is CC(Cl)c1nc2c(F)cc(F)cc2n1CCS(C)(=O)=O. The van der Waals surface area contributed by atoms with E-state index in [1.165, 1.54) is 4.57 Å². The monoisotopic (exact) mass is 322 g/mol. The molecule has 0 amide bonds. The van der Waals surface area contributed by atoms with E-state index in [2.05, 4.69) is 4.98 Å². The van der Waals surface area contributed by atoms with Gasteiger partial charge in [0.1, 0.15) is 27.0 Å². The van der Waals surface area contributed by atoms with Gasteiger partial charge in [0.15, 0.2) is 5.82 Å². The largest absolute Gasteiger partial charge is 0.326 e. The molecule has 0 aliphatic rings. The highest BCUT2D eigenvalue weighted by Crippen LogP contribution is 2.27. The maximum absolute atomic E-state index is 13.7. The van der Waals surface area contributed by atoms with Gasteiger partial charge in [0.05, 0.1) is 16.6 Å². The van der Waals surface area contributed by atoms with Crippen LogP contribution in [-0.2, 0) is 16.4 Å². The first-order valence-electron chi connectivity index (χ1n) is 5.86. The van der Waals surface area contributed by atoms with Gasteiger partial charge in [0, 0.05) is 18.9 Å². The number of rotatable bonds is 4. The van der Waals surface area contributed by atoms with Crippen molar-refractivity contribution < 1.29 is 17.2 Å². The number of sulfone groups is 1. The molecule has 2 rings (SSSR count). The molecule has 110 valence electrons. The molecular formula is C12H13ClF2N2O2S. The summed E-state index contributed by atoms with van der Waals surface area (Å²) in [5.74, 6) is -1.39. The summed E-state index contributed by atoms with van der Waals surface area (Å²) in [6.07, 6.45) is 1.09. The Hall–Kier alpha value is -1.21. The number of halogens is 3. The molecule has 0 saturated carbocycles. The second-order valence-corrected chi connectivity index (χ2v) is 7.54. The normalized spacial score (nSPS) is 13.8. The summed E-state index contributed by atoms with van der Waals surface area (Å²) in [5, 5.41) is -0.551. The Kier molecular flexibility index (Phi) is 4.02. The van der Waals surface area contributed by atoms with Crippen LogP contribution in [0.2, 0.25) is 0 Å². The van der Waals surface area contributed by atoms with Crippen LogP contribution in [0, 0.1) is 11.6 Å². The van der Waals surface area contributed by atoms with Crippen LogP contribution in [0.5, 0.6) is 0 Å². The number of hydrogen-bond donors (Lipinski definition) is 0. The third-order valence-corrected chi connectivity index (χ3v) is 3.96. The second kappa shape index (κ2) is 5.29. The Bertz CT molecular complexity index is 756. The Balaban J connectivity index is 2.62. The summed E-state index contributed by atoms with van der Waals surface area (Å²) in [7, 11) is -3.21.